The number of fused-ring (bicyclic) bond motifs is 4. The molecule has 4 heterocycles. The molecule has 0 aromatic heterocycles. The number of halogens is 2. The van der Waals surface area contributed by atoms with E-state index in [0.717, 1.165) is 30.4 Å². The summed E-state index contributed by atoms with van der Waals surface area (Å²) in [7, 11) is -4.17. The zero-order chi connectivity index (χ0) is 36.0. The van der Waals surface area contributed by atoms with E-state index in [1.54, 1.807) is 19.1 Å². The predicted molar refractivity (Wildman–Crippen MR) is 192 cm³/mol. The van der Waals surface area contributed by atoms with Crippen LogP contribution in [0.3, 0.4) is 0 Å². The molecular formula is C38H46ClFN4O6S. The van der Waals surface area contributed by atoms with E-state index in [-0.39, 0.29) is 55.0 Å². The van der Waals surface area contributed by atoms with Crippen LogP contribution in [0, 0.1) is 30.2 Å². The molecular weight excluding hydrogens is 695 g/mol. The molecule has 1 saturated heterocycles. The molecule has 1 aliphatic carbocycles. The molecule has 6 atom stereocenters. The van der Waals surface area contributed by atoms with Crippen molar-refractivity contribution in [3.8, 4) is 5.75 Å². The van der Waals surface area contributed by atoms with Crippen LogP contribution in [0.2, 0.25) is 5.02 Å². The number of rotatable bonds is 5. The molecule has 1 N–H and O–H groups in total. The van der Waals surface area contributed by atoms with Crippen LogP contribution in [0.5, 0.6) is 5.75 Å². The van der Waals surface area contributed by atoms with Gasteiger partial charge in [0.2, 0.25) is 11.6 Å². The average Bonchev–Trinajstić information content (AvgIpc) is 3.21. The van der Waals surface area contributed by atoms with Crippen LogP contribution in [-0.2, 0) is 36.3 Å². The van der Waals surface area contributed by atoms with Crippen LogP contribution in [-0.4, -0.2) is 90.1 Å². The number of nitrogens with zero attached hydrogens (tertiary/aromatic N) is 3. The van der Waals surface area contributed by atoms with E-state index in [0.29, 0.717) is 55.7 Å². The molecule has 2 bridgehead atoms. The van der Waals surface area contributed by atoms with Crippen LogP contribution >= 0.6 is 11.6 Å². The van der Waals surface area contributed by atoms with Crippen LogP contribution in [0.4, 0.5) is 10.1 Å². The third-order valence-corrected chi connectivity index (χ3v) is 13.2. The highest BCUT2D eigenvalue weighted by atomic mass is 35.5. The summed E-state index contributed by atoms with van der Waals surface area (Å²) in [6, 6.07) is 10.6. The van der Waals surface area contributed by atoms with E-state index < -0.39 is 33.1 Å². The van der Waals surface area contributed by atoms with Crippen molar-refractivity contribution in [2.75, 3.05) is 64.0 Å². The average molecular weight is 741 g/mol. The lowest BCUT2D eigenvalue weighted by Gasteiger charge is -2.46. The third-order valence-electron chi connectivity index (χ3n) is 11.6. The minimum Gasteiger partial charge on any atom is -0.488 e. The number of alkyl halides is 1. The number of carbonyl (C=O) groups excluding carboxylic acids is 1. The van der Waals surface area contributed by atoms with Gasteiger partial charge < -0.3 is 24.0 Å². The quantitative estimate of drug-likeness (QED) is 0.322. The van der Waals surface area contributed by atoms with Crippen LogP contribution in [0.25, 0.3) is 4.85 Å². The van der Waals surface area contributed by atoms with E-state index in [9.17, 15) is 17.6 Å². The van der Waals surface area contributed by atoms with E-state index in [1.807, 2.05) is 36.1 Å². The molecule has 0 radical (unpaired) electrons. The monoisotopic (exact) mass is 740 g/mol. The minimum absolute atomic E-state index is 0.00574. The number of ether oxygens (including phenoxy) is 3. The Morgan fingerprint density at radius 3 is 2.75 bits per heavy atom. The topological polar surface area (TPSA) is 102 Å². The van der Waals surface area contributed by atoms with Gasteiger partial charge in [0.1, 0.15) is 18.0 Å². The number of anilines is 1. The molecule has 2 fully saturated rings. The molecule has 0 unspecified atom stereocenters. The second kappa shape index (κ2) is 14.3. The van der Waals surface area contributed by atoms with Gasteiger partial charge in [-0.05, 0) is 84.9 Å². The van der Waals surface area contributed by atoms with Crippen molar-refractivity contribution >= 4 is 33.2 Å². The number of benzene rings is 2. The Morgan fingerprint density at radius 2 is 1.98 bits per heavy atom. The molecule has 4 aliphatic heterocycles. The van der Waals surface area contributed by atoms with Crippen molar-refractivity contribution in [2.24, 2.45) is 23.7 Å². The van der Waals surface area contributed by atoms with Gasteiger partial charge in [0.15, 0.2) is 0 Å². The zero-order valence-electron chi connectivity index (χ0n) is 29.2. The van der Waals surface area contributed by atoms with Gasteiger partial charge in [0.25, 0.3) is 16.6 Å². The SMILES string of the molecule is [C-]#[N+]CC1(F)CN(CCO[C@H]2/C=C/C[C@H](C)[C@@H](C)C(=O)NS(=O)(=O)c3ccc4c(c3)N(C[C@@H]3CC[C@H]32)C[C@]2(CO4)OCCc3cc(Cl)ccc32)C1. The molecule has 274 valence electrons. The van der Waals surface area contributed by atoms with E-state index in [1.165, 1.54) is 6.07 Å². The first-order valence-corrected chi connectivity index (χ1v) is 19.8. The number of hydrogen-bond donors (Lipinski definition) is 1. The normalized spacial score (nSPS) is 32.1. The largest absolute Gasteiger partial charge is 0.488 e. The fraction of sp³-hybridized carbons (Fsp3) is 0.579. The van der Waals surface area contributed by atoms with Crippen molar-refractivity contribution in [2.45, 2.75) is 61.8 Å². The Labute approximate surface area is 305 Å². The van der Waals surface area contributed by atoms with Gasteiger partial charge >= 0.3 is 0 Å². The van der Waals surface area contributed by atoms with Gasteiger partial charge in [0, 0.05) is 37.1 Å². The maximum atomic E-state index is 14.6. The van der Waals surface area contributed by atoms with Gasteiger partial charge in [-0.15, -0.1) is 0 Å². The highest BCUT2D eigenvalue weighted by molar-refractivity contribution is 7.90. The van der Waals surface area contributed by atoms with Gasteiger partial charge in [-0.2, -0.15) is 0 Å². The predicted octanol–water partition coefficient (Wildman–Crippen LogP) is 5.40. The summed E-state index contributed by atoms with van der Waals surface area (Å²) in [6.07, 6.45) is 7.19. The van der Waals surface area contributed by atoms with Crippen molar-refractivity contribution in [1.29, 1.82) is 0 Å². The number of allylic oxidation sites excluding steroid dienone is 1. The Bertz CT molecular complexity index is 1830. The van der Waals surface area contributed by atoms with Gasteiger partial charge in [-0.25, -0.2) is 24.1 Å². The van der Waals surface area contributed by atoms with Crippen LogP contribution in [0.15, 0.2) is 53.4 Å². The minimum atomic E-state index is -4.17. The number of carbonyl (C=O) groups is 1. The van der Waals surface area contributed by atoms with E-state index in [4.69, 9.17) is 32.4 Å². The number of hydrogen-bond acceptors (Lipinski definition) is 8. The lowest BCUT2D eigenvalue weighted by atomic mass is 9.70. The molecule has 10 nitrogen and oxygen atoms in total. The van der Waals surface area contributed by atoms with E-state index >= 15 is 0 Å². The summed E-state index contributed by atoms with van der Waals surface area (Å²) in [5.74, 6) is -0.277. The molecule has 7 rings (SSSR count). The molecule has 1 amide bonds. The van der Waals surface area contributed by atoms with Crippen LogP contribution < -0.4 is 14.4 Å². The number of amides is 1. The summed E-state index contributed by atoms with van der Waals surface area (Å²) in [6.45, 7) is 13.9. The summed E-state index contributed by atoms with van der Waals surface area (Å²) in [4.78, 5) is 20.7. The highest BCUT2D eigenvalue weighted by Gasteiger charge is 2.47. The molecule has 5 aliphatic rings. The molecule has 2 aromatic rings. The Kier molecular flexibility index (Phi) is 10.1. The lowest BCUT2D eigenvalue weighted by molar-refractivity contribution is -0.124. The number of nitrogens with one attached hydrogen (secondary N) is 1. The van der Waals surface area contributed by atoms with Gasteiger partial charge in [0.05, 0.1) is 36.4 Å². The van der Waals surface area contributed by atoms with Gasteiger partial charge in [-0.3, -0.25) is 9.69 Å². The maximum absolute atomic E-state index is 14.6. The van der Waals surface area contributed by atoms with Crippen molar-refractivity contribution in [1.82, 2.24) is 9.62 Å². The summed E-state index contributed by atoms with van der Waals surface area (Å²) < 4.78 is 63.9. The fourth-order valence-corrected chi connectivity index (χ4v) is 9.51. The second-order valence-electron chi connectivity index (χ2n) is 15.1. The Hall–Kier alpha value is -3.21. The number of sulfonamides is 1. The maximum Gasteiger partial charge on any atom is 0.264 e. The van der Waals surface area contributed by atoms with Crippen molar-refractivity contribution in [3.63, 3.8) is 0 Å². The molecule has 13 heteroatoms. The summed E-state index contributed by atoms with van der Waals surface area (Å²) in [5, 5.41) is 0.659. The zero-order valence-corrected chi connectivity index (χ0v) is 30.7. The summed E-state index contributed by atoms with van der Waals surface area (Å²) in [5.41, 5.74) is 0.497. The first kappa shape index (κ1) is 36.2. The summed E-state index contributed by atoms with van der Waals surface area (Å²) >= 11 is 6.41. The lowest BCUT2D eigenvalue weighted by Crippen LogP contribution is -2.61. The van der Waals surface area contributed by atoms with E-state index in [2.05, 4.69) is 20.5 Å². The Balaban J connectivity index is 1.21. The fourth-order valence-electron chi connectivity index (χ4n) is 8.23. The number of likely N-dealkylation sites (tertiary alicyclic amines) is 1. The highest BCUT2D eigenvalue weighted by Crippen LogP contribution is 2.46. The Morgan fingerprint density at radius 1 is 1.16 bits per heavy atom. The smallest absolute Gasteiger partial charge is 0.264 e. The van der Waals surface area contributed by atoms with Crippen molar-refractivity contribution in [3.05, 3.63) is 76.1 Å². The van der Waals surface area contributed by atoms with Crippen LogP contribution in [0.1, 0.15) is 44.2 Å². The first-order valence-electron chi connectivity index (χ1n) is 17.9. The molecule has 2 aromatic carbocycles. The molecule has 1 spiro atoms. The third kappa shape index (κ3) is 7.38. The van der Waals surface area contributed by atoms with Gasteiger partial charge in [-0.1, -0.05) is 43.7 Å². The molecule has 51 heavy (non-hydrogen) atoms. The molecule has 1 saturated carbocycles. The first-order chi connectivity index (χ1) is 24.4. The van der Waals surface area contributed by atoms with Crippen molar-refractivity contribution < 1.29 is 31.8 Å². The second-order valence-corrected chi connectivity index (χ2v) is 17.2. The standard InChI is InChI=1S/C38H46ClFN4O6S/c1-25-5-4-6-34(48-16-14-43-21-37(40,22-43)20-41-3)31-10-7-28(31)19-44-23-38(32-11-8-29(39)17-27(32)13-15-50-38)24-49-35-12-9-30(18-33(35)44)51(46,47)42-36(45)26(25)2/h4,6,8-9,11-12,17-18,25-26,28,31,34H,5,7,10,13-16,19-24H2,1-2H3,(H,42,45)/b6-4+/t25-,26+,28-,31+,34-,38+/m0/s1.